The highest BCUT2D eigenvalue weighted by atomic mass is 16.7. The fraction of sp³-hybridized carbons (Fsp3) is 0.318. The topological polar surface area (TPSA) is 120 Å². The van der Waals surface area contributed by atoms with Crippen LogP contribution in [0.5, 0.6) is 11.5 Å². The van der Waals surface area contributed by atoms with Crippen LogP contribution in [0.25, 0.3) is 0 Å². The van der Waals surface area contributed by atoms with Crippen LogP contribution in [0.4, 0.5) is 0 Å². The Balaban J connectivity index is 1.86. The van der Waals surface area contributed by atoms with E-state index in [1.807, 2.05) is 12.1 Å². The van der Waals surface area contributed by atoms with Crippen LogP contribution in [0, 0.1) is 0 Å². The van der Waals surface area contributed by atoms with E-state index in [0.29, 0.717) is 23.0 Å². The van der Waals surface area contributed by atoms with Crippen LogP contribution in [-0.2, 0) is 9.63 Å². The van der Waals surface area contributed by atoms with Crippen molar-refractivity contribution in [1.82, 2.24) is 0 Å². The van der Waals surface area contributed by atoms with Crippen LogP contribution >= 0.6 is 0 Å². The molecule has 2 aromatic carbocycles. The average molecular weight is 414 g/mol. The van der Waals surface area contributed by atoms with Gasteiger partial charge in [-0.05, 0) is 61.7 Å². The number of nitrogens with zero attached hydrogens (tertiary/aromatic N) is 1. The van der Waals surface area contributed by atoms with Crippen molar-refractivity contribution in [2.45, 2.75) is 39.2 Å². The zero-order valence-electron chi connectivity index (χ0n) is 17.4. The largest absolute Gasteiger partial charge is 0.486 e. The molecule has 2 aromatic rings. The van der Waals surface area contributed by atoms with E-state index in [2.05, 4.69) is 19.0 Å². The van der Waals surface area contributed by atoms with Gasteiger partial charge in [0.15, 0.2) is 11.4 Å². The van der Waals surface area contributed by atoms with Gasteiger partial charge in [0.25, 0.3) is 0 Å². The molecule has 0 radical (unpaired) electrons. The SMILES string of the molecule is CC(C)c1ccc(C(=O)O/N=C(\N)COc2ccc(OC(C)(C)C(=O)O)cc2)cc1. The van der Waals surface area contributed by atoms with Crippen molar-refractivity contribution in [3.63, 3.8) is 0 Å². The van der Waals surface area contributed by atoms with Crippen molar-refractivity contribution < 1.29 is 29.0 Å². The Morgan fingerprint density at radius 1 is 1.03 bits per heavy atom. The minimum absolute atomic E-state index is 0.0190. The van der Waals surface area contributed by atoms with Crippen LogP contribution in [-0.4, -0.2) is 35.1 Å². The van der Waals surface area contributed by atoms with Gasteiger partial charge in [-0.2, -0.15) is 0 Å². The summed E-state index contributed by atoms with van der Waals surface area (Å²) in [7, 11) is 0. The molecule has 8 nitrogen and oxygen atoms in total. The van der Waals surface area contributed by atoms with Crippen molar-refractivity contribution in [1.29, 1.82) is 0 Å². The number of ether oxygens (including phenoxy) is 2. The molecule has 0 atom stereocenters. The predicted octanol–water partition coefficient (Wildman–Crippen LogP) is 3.56. The van der Waals surface area contributed by atoms with Gasteiger partial charge in [-0.15, -0.1) is 0 Å². The van der Waals surface area contributed by atoms with E-state index in [1.165, 1.54) is 13.8 Å². The van der Waals surface area contributed by atoms with Gasteiger partial charge in [-0.3, -0.25) is 0 Å². The maximum Gasteiger partial charge on any atom is 0.365 e. The van der Waals surface area contributed by atoms with Gasteiger partial charge in [0.2, 0.25) is 0 Å². The molecule has 0 aromatic heterocycles. The molecule has 0 unspecified atom stereocenters. The molecule has 3 N–H and O–H groups in total. The molecule has 0 aliphatic carbocycles. The molecular formula is C22H26N2O6. The Morgan fingerprint density at radius 3 is 2.13 bits per heavy atom. The third kappa shape index (κ3) is 6.51. The molecule has 30 heavy (non-hydrogen) atoms. The third-order valence-corrected chi connectivity index (χ3v) is 4.16. The molecule has 0 bridgehead atoms. The number of rotatable bonds is 9. The first-order valence-corrected chi connectivity index (χ1v) is 9.37. The predicted molar refractivity (Wildman–Crippen MR) is 112 cm³/mol. The number of benzene rings is 2. The second-order valence-electron chi connectivity index (χ2n) is 7.42. The molecule has 0 amide bonds. The molecule has 0 spiro atoms. The third-order valence-electron chi connectivity index (χ3n) is 4.16. The molecule has 160 valence electrons. The minimum Gasteiger partial charge on any atom is -0.486 e. The Bertz CT molecular complexity index is 902. The number of carboxylic acid groups (broad SMARTS) is 1. The van der Waals surface area contributed by atoms with Gasteiger partial charge in [0, 0.05) is 0 Å². The number of oxime groups is 1. The van der Waals surface area contributed by atoms with Gasteiger partial charge < -0.3 is 25.2 Å². The van der Waals surface area contributed by atoms with Crippen LogP contribution in [0.15, 0.2) is 53.7 Å². The number of amidine groups is 1. The standard InChI is InChI=1S/C22H26N2O6/c1-14(2)15-5-7-16(8-6-15)20(25)30-24-19(23)13-28-17-9-11-18(12-10-17)29-22(3,4)21(26)27/h5-12,14H,13H2,1-4H3,(H2,23,24)(H,26,27). The number of carbonyl (C=O) groups excluding carboxylic acids is 1. The number of carboxylic acids is 1. The van der Waals surface area contributed by atoms with Gasteiger partial charge in [0.1, 0.15) is 18.1 Å². The van der Waals surface area contributed by atoms with E-state index in [-0.39, 0.29) is 12.4 Å². The molecule has 0 saturated heterocycles. The molecular weight excluding hydrogens is 388 g/mol. The Kier molecular flexibility index (Phi) is 7.41. The van der Waals surface area contributed by atoms with E-state index in [0.717, 1.165) is 5.56 Å². The van der Waals surface area contributed by atoms with Gasteiger partial charge >= 0.3 is 11.9 Å². The van der Waals surface area contributed by atoms with E-state index < -0.39 is 17.5 Å². The number of carbonyl (C=O) groups is 2. The fourth-order valence-corrected chi connectivity index (χ4v) is 2.28. The van der Waals surface area contributed by atoms with Crippen LogP contribution in [0.1, 0.15) is 49.5 Å². The van der Waals surface area contributed by atoms with Crippen LogP contribution in [0.2, 0.25) is 0 Å². The highest BCUT2D eigenvalue weighted by Crippen LogP contribution is 2.22. The summed E-state index contributed by atoms with van der Waals surface area (Å²) in [5.41, 5.74) is 5.86. The van der Waals surface area contributed by atoms with Crippen molar-refractivity contribution in [2.24, 2.45) is 10.9 Å². The lowest BCUT2D eigenvalue weighted by atomic mass is 10.0. The summed E-state index contributed by atoms with van der Waals surface area (Å²) < 4.78 is 10.9. The van der Waals surface area contributed by atoms with Crippen LogP contribution < -0.4 is 15.2 Å². The molecule has 0 heterocycles. The first-order valence-electron chi connectivity index (χ1n) is 9.37. The average Bonchev–Trinajstić information content (AvgIpc) is 2.71. The maximum absolute atomic E-state index is 12.0. The van der Waals surface area contributed by atoms with Crippen molar-refractivity contribution in [3.8, 4) is 11.5 Å². The minimum atomic E-state index is -1.35. The van der Waals surface area contributed by atoms with Gasteiger partial charge in [0.05, 0.1) is 5.56 Å². The molecule has 0 saturated carbocycles. The highest BCUT2D eigenvalue weighted by Gasteiger charge is 2.29. The monoisotopic (exact) mass is 414 g/mol. The quantitative estimate of drug-likeness (QED) is 0.278. The van der Waals surface area contributed by atoms with Gasteiger partial charge in [-0.1, -0.05) is 31.1 Å². The lowest BCUT2D eigenvalue weighted by Gasteiger charge is -2.21. The Hall–Kier alpha value is -3.55. The molecule has 0 fully saturated rings. The van der Waals surface area contributed by atoms with E-state index >= 15 is 0 Å². The van der Waals surface area contributed by atoms with E-state index in [4.69, 9.17) is 25.2 Å². The zero-order chi connectivity index (χ0) is 22.3. The second kappa shape index (κ2) is 9.78. The summed E-state index contributed by atoms with van der Waals surface area (Å²) in [6, 6.07) is 13.4. The molecule has 0 aliphatic heterocycles. The smallest absolute Gasteiger partial charge is 0.365 e. The summed E-state index contributed by atoms with van der Waals surface area (Å²) in [6.45, 7) is 6.94. The first kappa shape index (κ1) is 22.7. The Labute approximate surface area is 175 Å². The summed E-state index contributed by atoms with van der Waals surface area (Å²) in [6.07, 6.45) is 0. The molecule has 8 heteroatoms. The first-order chi connectivity index (χ1) is 14.1. The second-order valence-corrected chi connectivity index (χ2v) is 7.42. The summed E-state index contributed by atoms with van der Waals surface area (Å²) in [5.74, 6) is -0.495. The molecule has 2 rings (SSSR count). The maximum atomic E-state index is 12.0. The lowest BCUT2D eigenvalue weighted by molar-refractivity contribution is -0.152. The summed E-state index contributed by atoms with van der Waals surface area (Å²) in [4.78, 5) is 28.0. The lowest BCUT2D eigenvalue weighted by Crippen LogP contribution is -2.37. The fourth-order valence-electron chi connectivity index (χ4n) is 2.28. The number of hydrogen-bond donors (Lipinski definition) is 2. The summed E-state index contributed by atoms with van der Waals surface area (Å²) in [5, 5.41) is 12.7. The Morgan fingerprint density at radius 2 is 1.60 bits per heavy atom. The van der Waals surface area contributed by atoms with E-state index in [1.54, 1.807) is 36.4 Å². The van der Waals surface area contributed by atoms with Crippen LogP contribution in [0.3, 0.4) is 0 Å². The van der Waals surface area contributed by atoms with E-state index in [9.17, 15) is 9.59 Å². The van der Waals surface area contributed by atoms with Gasteiger partial charge in [-0.25, -0.2) is 9.59 Å². The normalized spacial score (nSPS) is 11.8. The highest BCUT2D eigenvalue weighted by molar-refractivity contribution is 5.90. The van der Waals surface area contributed by atoms with Crippen molar-refractivity contribution >= 4 is 17.8 Å². The number of aliphatic carboxylic acids is 1. The number of hydrogen-bond acceptors (Lipinski definition) is 6. The zero-order valence-corrected chi connectivity index (χ0v) is 17.4. The van der Waals surface area contributed by atoms with Crippen molar-refractivity contribution in [2.75, 3.05) is 6.61 Å². The molecule has 0 aliphatic rings. The van der Waals surface area contributed by atoms with Crippen molar-refractivity contribution in [3.05, 3.63) is 59.7 Å². The summed E-state index contributed by atoms with van der Waals surface area (Å²) >= 11 is 0. The number of nitrogens with two attached hydrogens (primary N) is 1.